The Morgan fingerprint density at radius 2 is 1.70 bits per heavy atom. The minimum atomic E-state index is -0.599. The van der Waals surface area contributed by atoms with Crippen molar-refractivity contribution < 1.29 is 20.1 Å². The number of hydrogen-bond donors (Lipinski definition) is 3. The van der Waals surface area contributed by atoms with E-state index >= 15 is 0 Å². The van der Waals surface area contributed by atoms with Crippen LogP contribution >= 0.6 is 0 Å². The van der Waals surface area contributed by atoms with E-state index in [0.29, 0.717) is 38.4 Å². The summed E-state index contributed by atoms with van der Waals surface area (Å²) < 4.78 is 0. The smallest absolute Gasteiger partial charge is 0.280 e. The number of amides is 3. The first kappa shape index (κ1) is 23.9. The topological polar surface area (TPSA) is 106 Å². The largest absolute Gasteiger partial charge is 0.350 e. The van der Waals surface area contributed by atoms with Crippen molar-refractivity contribution in [3.8, 4) is 0 Å². The first-order chi connectivity index (χ1) is 14.2. The third-order valence-electron chi connectivity index (χ3n) is 5.62. The molecular formula is C23H37N4O3+. The Morgan fingerprint density at radius 1 is 1.10 bits per heavy atom. The number of benzene rings is 1. The predicted molar refractivity (Wildman–Crippen MR) is 116 cm³/mol. The molecule has 1 aromatic rings. The highest BCUT2D eigenvalue weighted by Crippen LogP contribution is 2.19. The number of nitrogens with one attached hydrogen (secondary N) is 2. The van der Waals surface area contributed by atoms with Gasteiger partial charge in [-0.15, -0.1) is 0 Å². The standard InChI is InChI=1S/C23H36N4O3/c1-15(2)13-20(24)23(30)27-11-9-19(10-12-27)22(29)26-17(4)21(28)25-14-18-7-5-16(3)6-8-18/h5-8,15,17,19-20H,9-14,24H2,1-4H3,(H,25,28)(H,26,29)/p+1/t17-,20-/m0/s1. The highest BCUT2D eigenvalue weighted by molar-refractivity contribution is 5.88. The van der Waals surface area contributed by atoms with Crippen molar-refractivity contribution in [2.45, 2.75) is 65.6 Å². The Hall–Kier alpha value is -2.41. The van der Waals surface area contributed by atoms with Crippen LogP contribution in [0, 0.1) is 18.8 Å². The van der Waals surface area contributed by atoms with Crippen LogP contribution in [0.5, 0.6) is 0 Å². The van der Waals surface area contributed by atoms with Crippen LogP contribution in [0.25, 0.3) is 0 Å². The van der Waals surface area contributed by atoms with Crippen molar-refractivity contribution in [1.82, 2.24) is 15.5 Å². The SMILES string of the molecule is Cc1ccc(CNC(=O)[C@H](C)NC(=O)C2CCN(C(=O)[C@@H]([NH3+])CC(C)C)CC2)cc1. The molecule has 0 bridgehead atoms. The molecule has 7 heteroatoms. The molecule has 1 aromatic carbocycles. The van der Waals surface area contributed by atoms with Gasteiger partial charge in [-0.3, -0.25) is 14.4 Å². The van der Waals surface area contributed by atoms with Gasteiger partial charge in [0.05, 0.1) is 0 Å². The van der Waals surface area contributed by atoms with Crippen molar-refractivity contribution in [2.75, 3.05) is 13.1 Å². The molecule has 1 aliphatic rings. The lowest BCUT2D eigenvalue weighted by Crippen LogP contribution is -2.68. The van der Waals surface area contributed by atoms with Gasteiger partial charge in [0.1, 0.15) is 6.04 Å². The minimum absolute atomic E-state index is 0.0754. The molecule has 1 fully saturated rings. The van der Waals surface area contributed by atoms with Crippen molar-refractivity contribution in [3.05, 3.63) is 35.4 Å². The van der Waals surface area contributed by atoms with Crippen LogP contribution in [0.1, 0.15) is 51.2 Å². The Bertz CT molecular complexity index is 724. The van der Waals surface area contributed by atoms with E-state index in [0.717, 1.165) is 12.0 Å². The summed E-state index contributed by atoms with van der Waals surface area (Å²) in [5, 5.41) is 5.68. The number of likely N-dealkylation sites (tertiary alicyclic amines) is 1. The summed E-state index contributed by atoms with van der Waals surface area (Å²) in [5.74, 6) is 0.0122. The maximum Gasteiger partial charge on any atom is 0.280 e. The third kappa shape index (κ3) is 7.13. The molecule has 5 N–H and O–H groups in total. The fraction of sp³-hybridized carbons (Fsp3) is 0.609. The van der Waals surface area contributed by atoms with Gasteiger partial charge in [0.15, 0.2) is 6.04 Å². The van der Waals surface area contributed by atoms with Gasteiger partial charge in [0, 0.05) is 32.0 Å². The molecule has 1 aliphatic heterocycles. The Labute approximate surface area is 179 Å². The number of quaternary nitrogens is 1. The molecule has 1 heterocycles. The lowest BCUT2D eigenvalue weighted by atomic mass is 9.94. The van der Waals surface area contributed by atoms with Crippen molar-refractivity contribution in [1.29, 1.82) is 0 Å². The lowest BCUT2D eigenvalue weighted by molar-refractivity contribution is -0.408. The number of piperidine rings is 1. The molecule has 1 saturated heterocycles. The van der Waals surface area contributed by atoms with Gasteiger partial charge in [-0.25, -0.2) is 0 Å². The van der Waals surface area contributed by atoms with Gasteiger partial charge in [-0.05, 0) is 38.2 Å². The summed E-state index contributed by atoms with van der Waals surface area (Å²) in [6.07, 6.45) is 2.00. The van der Waals surface area contributed by atoms with Gasteiger partial charge in [-0.2, -0.15) is 0 Å². The van der Waals surface area contributed by atoms with E-state index in [1.807, 2.05) is 36.1 Å². The van der Waals surface area contributed by atoms with E-state index in [1.54, 1.807) is 6.92 Å². The monoisotopic (exact) mass is 417 g/mol. The van der Waals surface area contributed by atoms with E-state index in [4.69, 9.17) is 0 Å². The number of nitrogens with zero attached hydrogens (tertiary/aromatic N) is 1. The number of rotatable bonds is 8. The molecule has 0 aliphatic carbocycles. The Balaban J connectivity index is 1.74. The summed E-state index contributed by atoms with van der Waals surface area (Å²) in [7, 11) is 0. The Kier molecular flexibility index (Phi) is 8.84. The molecule has 166 valence electrons. The molecule has 0 saturated carbocycles. The molecule has 3 amide bonds. The quantitative estimate of drug-likeness (QED) is 0.588. The molecular weight excluding hydrogens is 380 g/mol. The van der Waals surface area contributed by atoms with Crippen LogP contribution in [0.3, 0.4) is 0 Å². The van der Waals surface area contributed by atoms with Crippen LogP contribution in [0.4, 0.5) is 0 Å². The van der Waals surface area contributed by atoms with Crippen molar-refractivity contribution in [3.63, 3.8) is 0 Å². The van der Waals surface area contributed by atoms with E-state index in [1.165, 1.54) is 5.56 Å². The maximum absolute atomic E-state index is 12.6. The zero-order chi connectivity index (χ0) is 22.3. The summed E-state index contributed by atoms with van der Waals surface area (Å²) >= 11 is 0. The lowest BCUT2D eigenvalue weighted by Gasteiger charge is -2.32. The van der Waals surface area contributed by atoms with Gasteiger partial charge in [-0.1, -0.05) is 43.7 Å². The van der Waals surface area contributed by atoms with Crippen LogP contribution in [0.2, 0.25) is 0 Å². The first-order valence-electron chi connectivity index (χ1n) is 10.9. The van der Waals surface area contributed by atoms with E-state index in [-0.39, 0.29) is 29.7 Å². The summed E-state index contributed by atoms with van der Waals surface area (Å²) in [6, 6.07) is 7.13. The number of aryl methyl sites for hydroxylation is 1. The average Bonchev–Trinajstić information content (AvgIpc) is 2.72. The van der Waals surface area contributed by atoms with Gasteiger partial charge < -0.3 is 21.3 Å². The maximum atomic E-state index is 12.6. The van der Waals surface area contributed by atoms with Crippen molar-refractivity contribution in [2.24, 2.45) is 11.8 Å². The zero-order valence-corrected chi connectivity index (χ0v) is 18.7. The van der Waals surface area contributed by atoms with Gasteiger partial charge in [0.25, 0.3) is 5.91 Å². The molecule has 0 unspecified atom stereocenters. The first-order valence-corrected chi connectivity index (χ1v) is 10.9. The second-order valence-corrected chi connectivity index (χ2v) is 8.86. The van der Waals surface area contributed by atoms with Crippen LogP contribution in [-0.4, -0.2) is 47.8 Å². The minimum Gasteiger partial charge on any atom is -0.350 e. The third-order valence-corrected chi connectivity index (χ3v) is 5.62. The summed E-state index contributed by atoms with van der Waals surface area (Å²) in [4.78, 5) is 39.2. The molecule has 2 rings (SSSR count). The molecule has 7 nitrogen and oxygen atoms in total. The molecule has 0 radical (unpaired) electrons. The average molecular weight is 418 g/mol. The fourth-order valence-corrected chi connectivity index (χ4v) is 3.74. The van der Waals surface area contributed by atoms with Crippen molar-refractivity contribution >= 4 is 17.7 Å². The van der Waals surface area contributed by atoms with Crippen LogP contribution in [-0.2, 0) is 20.9 Å². The molecule has 30 heavy (non-hydrogen) atoms. The second-order valence-electron chi connectivity index (χ2n) is 8.86. The van der Waals surface area contributed by atoms with Crippen LogP contribution < -0.4 is 16.4 Å². The van der Waals surface area contributed by atoms with Gasteiger partial charge >= 0.3 is 0 Å². The fourth-order valence-electron chi connectivity index (χ4n) is 3.74. The number of carbonyl (C=O) groups excluding carboxylic acids is 3. The Morgan fingerprint density at radius 3 is 2.27 bits per heavy atom. The van der Waals surface area contributed by atoms with E-state index in [9.17, 15) is 14.4 Å². The highest BCUT2D eigenvalue weighted by atomic mass is 16.2. The highest BCUT2D eigenvalue weighted by Gasteiger charge is 2.32. The predicted octanol–water partition coefficient (Wildman–Crippen LogP) is 1.01. The molecule has 0 aromatic heterocycles. The summed E-state index contributed by atoms with van der Waals surface area (Å²) in [5.41, 5.74) is 6.18. The normalized spacial score (nSPS) is 16.8. The second kappa shape index (κ2) is 11.1. The number of hydrogen-bond acceptors (Lipinski definition) is 3. The van der Waals surface area contributed by atoms with E-state index in [2.05, 4.69) is 30.2 Å². The van der Waals surface area contributed by atoms with E-state index < -0.39 is 6.04 Å². The molecule has 0 spiro atoms. The van der Waals surface area contributed by atoms with Crippen LogP contribution in [0.15, 0.2) is 24.3 Å². The van der Waals surface area contributed by atoms with Gasteiger partial charge in [0.2, 0.25) is 11.8 Å². The zero-order valence-electron chi connectivity index (χ0n) is 18.7. The molecule has 2 atom stereocenters. The summed E-state index contributed by atoms with van der Waals surface area (Å²) in [6.45, 7) is 9.44. The number of carbonyl (C=O) groups is 3.